The summed E-state index contributed by atoms with van der Waals surface area (Å²) in [5, 5.41) is 31.3. The Morgan fingerprint density at radius 1 is 0.922 bits per heavy atom. The van der Waals surface area contributed by atoms with Crippen molar-refractivity contribution in [1.82, 2.24) is 31.2 Å². The monoisotopic (exact) mass is 712 g/mol. The number of benzene rings is 1. The van der Waals surface area contributed by atoms with E-state index in [1.54, 1.807) is 27.0 Å². The number of carbonyl (C=O) groups excluding carboxylic acids is 4. The van der Waals surface area contributed by atoms with E-state index >= 15 is 0 Å². The number of H-pyrrole nitrogens is 1. The highest BCUT2D eigenvalue weighted by atomic mass is 16.6. The van der Waals surface area contributed by atoms with Crippen molar-refractivity contribution >= 4 is 29.8 Å². The smallest absolute Gasteiger partial charge is 0.408 e. The van der Waals surface area contributed by atoms with Crippen molar-refractivity contribution in [3.8, 4) is 0 Å². The van der Waals surface area contributed by atoms with Crippen molar-refractivity contribution in [1.29, 1.82) is 0 Å². The Hall–Kier alpha value is -4.46. The highest BCUT2D eigenvalue weighted by molar-refractivity contribution is 5.91. The van der Waals surface area contributed by atoms with E-state index in [1.165, 1.54) is 6.33 Å². The average Bonchev–Trinajstić information content (AvgIpc) is 3.58. The van der Waals surface area contributed by atoms with E-state index in [4.69, 9.17) is 9.84 Å². The molecule has 3 rings (SSSR count). The molecule has 1 aliphatic rings. The summed E-state index contributed by atoms with van der Waals surface area (Å²) in [6.07, 6.45) is 8.47. The molecular weight excluding hydrogens is 656 g/mol. The summed E-state index contributed by atoms with van der Waals surface area (Å²) < 4.78 is 5.42. The lowest BCUT2D eigenvalue weighted by atomic mass is 9.83. The van der Waals surface area contributed by atoms with Crippen LogP contribution in [0.5, 0.6) is 0 Å². The number of aromatic nitrogens is 2. The van der Waals surface area contributed by atoms with Crippen molar-refractivity contribution in [2.45, 2.75) is 134 Å². The number of nitrogens with zero attached hydrogens (tertiary/aromatic N) is 1. The van der Waals surface area contributed by atoms with Gasteiger partial charge in [0.1, 0.15) is 17.7 Å². The van der Waals surface area contributed by atoms with Crippen LogP contribution < -0.4 is 21.3 Å². The van der Waals surface area contributed by atoms with Crippen molar-refractivity contribution < 1.29 is 38.9 Å². The molecule has 0 spiro atoms. The number of nitrogens with one attached hydrogen (secondary N) is 5. The summed E-state index contributed by atoms with van der Waals surface area (Å²) in [7, 11) is 0. The molecule has 14 heteroatoms. The molecule has 7 N–H and O–H groups in total. The van der Waals surface area contributed by atoms with Gasteiger partial charge in [-0.25, -0.2) is 9.78 Å². The van der Waals surface area contributed by atoms with Gasteiger partial charge in [-0.2, -0.15) is 0 Å². The van der Waals surface area contributed by atoms with Gasteiger partial charge >= 0.3 is 12.1 Å². The van der Waals surface area contributed by atoms with E-state index in [-0.39, 0.29) is 37.5 Å². The summed E-state index contributed by atoms with van der Waals surface area (Å²) in [6.45, 7) is 5.51. The van der Waals surface area contributed by atoms with Gasteiger partial charge in [0.2, 0.25) is 17.7 Å². The first-order chi connectivity index (χ1) is 24.3. The van der Waals surface area contributed by atoms with Crippen molar-refractivity contribution in [2.75, 3.05) is 6.54 Å². The van der Waals surface area contributed by atoms with Crippen molar-refractivity contribution in [3.63, 3.8) is 0 Å². The van der Waals surface area contributed by atoms with Crippen molar-refractivity contribution in [2.24, 2.45) is 5.92 Å². The fourth-order valence-electron chi connectivity index (χ4n) is 6.19. The number of ether oxygens (including phenoxy) is 1. The maximum atomic E-state index is 14.0. The van der Waals surface area contributed by atoms with E-state index < -0.39 is 53.7 Å². The highest BCUT2D eigenvalue weighted by Gasteiger charge is 2.33. The lowest BCUT2D eigenvalue weighted by Gasteiger charge is -2.31. The third kappa shape index (κ3) is 16.4. The Morgan fingerprint density at radius 2 is 1.61 bits per heavy atom. The van der Waals surface area contributed by atoms with Gasteiger partial charge in [-0.15, -0.1) is 0 Å². The van der Waals surface area contributed by atoms with Crippen LogP contribution in [-0.4, -0.2) is 86.3 Å². The summed E-state index contributed by atoms with van der Waals surface area (Å²) in [6, 6.07) is 6.21. The lowest BCUT2D eigenvalue weighted by Crippen LogP contribution is -2.58. The van der Waals surface area contributed by atoms with Crippen molar-refractivity contribution in [3.05, 3.63) is 54.1 Å². The van der Waals surface area contributed by atoms with Crippen LogP contribution in [0.3, 0.4) is 0 Å². The summed E-state index contributed by atoms with van der Waals surface area (Å²) in [4.78, 5) is 71.2. The molecule has 282 valence electrons. The molecule has 1 saturated carbocycles. The molecule has 4 atom stereocenters. The number of amides is 4. The SMILES string of the molecule is CC(C)(C)OC(=O)N[C@@H](Cc1ccccc1)C(=O)N[C@@H](Cc1cnc[nH]1)C(=O)N[C@@H](CC1CCCCC1)[C@@H](O)CC(=O)NCCCCCC(=O)O. The quantitative estimate of drug-likeness (QED) is 0.1000. The minimum absolute atomic E-state index is 0.0523. The predicted molar refractivity (Wildman–Crippen MR) is 190 cm³/mol. The number of rotatable bonds is 20. The third-order valence-electron chi connectivity index (χ3n) is 8.79. The number of hydrogen-bond donors (Lipinski definition) is 7. The van der Waals surface area contributed by atoms with Gasteiger partial charge in [0.15, 0.2) is 0 Å². The largest absolute Gasteiger partial charge is 0.481 e. The maximum Gasteiger partial charge on any atom is 0.408 e. The lowest BCUT2D eigenvalue weighted by molar-refractivity contribution is -0.137. The zero-order valence-corrected chi connectivity index (χ0v) is 30.1. The standard InChI is InChI=1S/C37H56N6O8/c1-37(2,3)51-36(50)43-29(20-26-15-9-5-10-16-26)34(48)42-30(21-27-23-38-24-40-27)35(49)41-28(19-25-13-7-4-8-14-25)31(44)22-32(45)39-18-12-6-11-17-33(46)47/h5,9-10,15-16,23-25,28-31,44H,4,6-8,11-14,17-22H2,1-3H3,(H,38,40)(H,39,45)(H,41,49)(H,42,48)(H,43,50)(H,46,47)/t28-,29-,30-,31-/m0/s1. The van der Waals surface area contributed by atoms with Crippen LogP contribution in [0.2, 0.25) is 0 Å². The van der Waals surface area contributed by atoms with Crippen LogP contribution in [0.4, 0.5) is 4.79 Å². The molecule has 0 saturated heterocycles. The van der Waals surface area contributed by atoms with Gasteiger partial charge in [-0.05, 0) is 51.5 Å². The molecule has 0 unspecified atom stereocenters. The molecule has 0 bridgehead atoms. The number of carbonyl (C=O) groups is 5. The van der Waals surface area contributed by atoms with Gasteiger partial charge in [0.25, 0.3) is 0 Å². The Kier molecular flexibility index (Phi) is 16.9. The molecule has 14 nitrogen and oxygen atoms in total. The van der Waals surface area contributed by atoms with E-state index in [2.05, 4.69) is 31.2 Å². The third-order valence-corrected chi connectivity index (χ3v) is 8.79. The molecule has 51 heavy (non-hydrogen) atoms. The minimum atomic E-state index is -1.19. The Bertz CT molecular complexity index is 1380. The number of alkyl carbamates (subject to hydrolysis) is 1. The minimum Gasteiger partial charge on any atom is -0.481 e. The first-order valence-corrected chi connectivity index (χ1v) is 18.1. The molecule has 0 radical (unpaired) electrons. The summed E-state index contributed by atoms with van der Waals surface area (Å²) >= 11 is 0. The average molecular weight is 713 g/mol. The van der Waals surface area contributed by atoms with Gasteiger partial charge < -0.3 is 41.2 Å². The molecule has 1 aliphatic carbocycles. The number of hydrogen-bond acceptors (Lipinski definition) is 8. The molecule has 1 aromatic heterocycles. The number of aliphatic carboxylic acids is 1. The van der Waals surface area contributed by atoms with Gasteiger partial charge in [-0.1, -0.05) is 68.9 Å². The van der Waals surface area contributed by atoms with Gasteiger partial charge in [-0.3, -0.25) is 19.2 Å². The summed E-state index contributed by atoms with van der Waals surface area (Å²) in [5.41, 5.74) is 0.577. The second-order valence-electron chi connectivity index (χ2n) is 14.4. The van der Waals surface area contributed by atoms with Gasteiger partial charge in [0.05, 0.1) is 24.9 Å². The Morgan fingerprint density at radius 3 is 2.25 bits per heavy atom. The van der Waals surface area contributed by atoms with Crippen LogP contribution in [0.1, 0.15) is 103 Å². The molecule has 2 aromatic rings. The molecule has 1 fully saturated rings. The molecule has 0 aliphatic heterocycles. The molecule has 1 aromatic carbocycles. The fraction of sp³-hybridized carbons (Fsp3) is 0.622. The second-order valence-corrected chi connectivity index (χ2v) is 14.4. The Labute approximate surface area is 300 Å². The molecule has 4 amide bonds. The number of aromatic amines is 1. The molecular formula is C37H56N6O8. The number of carboxylic acids is 1. The fourth-order valence-corrected chi connectivity index (χ4v) is 6.19. The number of aliphatic hydroxyl groups excluding tert-OH is 1. The van der Waals surface area contributed by atoms with Crippen LogP contribution >= 0.6 is 0 Å². The Balaban J connectivity index is 1.75. The molecule has 1 heterocycles. The zero-order chi connectivity index (χ0) is 37.2. The van der Waals surface area contributed by atoms with E-state index in [0.29, 0.717) is 37.9 Å². The normalized spacial score (nSPS) is 15.8. The number of imidazole rings is 1. The highest BCUT2D eigenvalue weighted by Crippen LogP contribution is 2.28. The second kappa shape index (κ2) is 21.0. The number of carboxylic acid groups (broad SMARTS) is 1. The first kappa shape index (κ1) is 41.0. The maximum absolute atomic E-state index is 14.0. The van der Waals surface area contributed by atoms with Gasteiger partial charge in [0, 0.05) is 37.7 Å². The van der Waals surface area contributed by atoms with Crippen LogP contribution in [0.15, 0.2) is 42.9 Å². The van der Waals surface area contributed by atoms with Crippen LogP contribution in [0, 0.1) is 5.92 Å². The topological polar surface area (TPSA) is 212 Å². The predicted octanol–water partition coefficient (Wildman–Crippen LogP) is 3.54. The van der Waals surface area contributed by atoms with E-state index in [1.807, 2.05) is 30.3 Å². The van der Waals surface area contributed by atoms with Crippen LogP contribution in [-0.2, 0) is 36.8 Å². The zero-order valence-electron chi connectivity index (χ0n) is 30.1. The first-order valence-electron chi connectivity index (χ1n) is 18.1. The number of aliphatic hydroxyl groups is 1. The van der Waals surface area contributed by atoms with E-state index in [0.717, 1.165) is 37.7 Å². The summed E-state index contributed by atoms with van der Waals surface area (Å²) in [5.74, 6) is -2.12. The van der Waals surface area contributed by atoms with Crippen LogP contribution in [0.25, 0.3) is 0 Å². The van der Waals surface area contributed by atoms with E-state index in [9.17, 15) is 29.1 Å². The number of unbranched alkanes of at least 4 members (excludes halogenated alkanes) is 2.